The lowest BCUT2D eigenvalue weighted by molar-refractivity contribution is 0.0712. The lowest BCUT2D eigenvalue weighted by Gasteiger charge is -2.33. The number of nitrogens with zero attached hydrogens (tertiary/aromatic N) is 1. The van der Waals surface area contributed by atoms with Crippen molar-refractivity contribution >= 4 is 17.7 Å². The van der Waals surface area contributed by atoms with Crippen LogP contribution in [0.1, 0.15) is 77.4 Å². The first kappa shape index (κ1) is 23.4. The molecule has 6 heteroatoms. The number of rotatable bonds is 5. The molecule has 1 aliphatic carbocycles. The maximum atomic E-state index is 13.4. The van der Waals surface area contributed by atoms with Gasteiger partial charge in [-0.05, 0) is 72.9 Å². The first-order valence-electron chi connectivity index (χ1n) is 12.7. The van der Waals surface area contributed by atoms with E-state index in [1.54, 1.807) is 0 Å². The summed E-state index contributed by atoms with van der Waals surface area (Å²) < 4.78 is 10.8. The van der Waals surface area contributed by atoms with E-state index in [1.165, 1.54) is 12.0 Å². The zero-order valence-electron chi connectivity index (χ0n) is 20.0. The van der Waals surface area contributed by atoms with Crippen molar-refractivity contribution in [2.24, 2.45) is 0 Å². The van der Waals surface area contributed by atoms with E-state index in [0.29, 0.717) is 55.8 Å². The highest BCUT2D eigenvalue weighted by Gasteiger charge is 2.28. The Morgan fingerprint density at radius 2 is 1.77 bits per heavy atom. The summed E-state index contributed by atoms with van der Waals surface area (Å²) in [5.41, 5.74) is 4.54. The summed E-state index contributed by atoms with van der Waals surface area (Å²) in [5, 5.41) is 2.92. The van der Waals surface area contributed by atoms with Gasteiger partial charge < -0.3 is 14.4 Å². The van der Waals surface area contributed by atoms with Crippen LogP contribution in [0.25, 0.3) is 0 Å². The monoisotopic (exact) mass is 472 g/mol. The minimum Gasteiger partial charge on any atom is -0.443 e. The molecule has 3 aliphatic rings. The Morgan fingerprint density at radius 1 is 1.00 bits per heavy atom. The standard InChI is InChI=1S/C29H32N2O4/c1-2-20-6-8-21(9-7-20)22-12-15-31(16-13-22)28(32)24-10-11-26(23-4-3-5-23)27(18-24)30-29(33)35-25-14-17-34-19-25/h1,6-11,18,22-23,25H,3-5,12-17,19H2,(H,30,33)/t25-/m0/s1. The number of benzene rings is 2. The second-order valence-corrected chi connectivity index (χ2v) is 9.78. The molecule has 2 heterocycles. The third kappa shape index (κ3) is 5.36. The maximum Gasteiger partial charge on any atom is 0.411 e. The van der Waals surface area contributed by atoms with Crippen molar-refractivity contribution in [3.8, 4) is 12.3 Å². The van der Waals surface area contributed by atoms with Crippen molar-refractivity contribution < 1.29 is 19.1 Å². The van der Waals surface area contributed by atoms with Crippen LogP contribution in [0.4, 0.5) is 10.5 Å². The number of hydrogen-bond acceptors (Lipinski definition) is 4. The number of hydrogen-bond donors (Lipinski definition) is 1. The number of amides is 2. The second kappa shape index (κ2) is 10.5. The van der Waals surface area contributed by atoms with Crippen LogP contribution in [0.5, 0.6) is 0 Å². The van der Waals surface area contributed by atoms with Gasteiger partial charge in [-0.25, -0.2) is 4.79 Å². The van der Waals surface area contributed by atoms with Gasteiger partial charge in [-0.15, -0.1) is 6.42 Å². The van der Waals surface area contributed by atoms with E-state index in [-0.39, 0.29) is 12.0 Å². The van der Waals surface area contributed by atoms with Crippen molar-refractivity contribution in [2.75, 3.05) is 31.6 Å². The van der Waals surface area contributed by atoms with E-state index >= 15 is 0 Å². The molecule has 0 unspecified atom stereocenters. The molecule has 0 bridgehead atoms. The SMILES string of the molecule is C#Cc1ccc(C2CCN(C(=O)c3ccc(C4CCC4)c(NC(=O)O[C@H]4CCOC4)c3)CC2)cc1. The van der Waals surface area contributed by atoms with E-state index in [9.17, 15) is 9.59 Å². The molecule has 35 heavy (non-hydrogen) atoms. The van der Waals surface area contributed by atoms with Crippen molar-refractivity contribution in [2.45, 2.75) is 56.5 Å². The molecule has 5 rings (SSSR count). The minimum atomic E-state index is -0.484. The van der Waals surface area contributed by atoms with Gasteiger partial charge in [0.05, 0.1) is 13.2 Å². The molecule has 3 fully saturated rings. The normalized spacial score (nSPS) is 20.7. The number of terminal acetylenes is 1. The molecular weight excluding hydrogens is 440 g/mol. The van der Waals surface area contributed by atoms with Crippen LogP contribution in [-0.4, -0.2) is 49.3 Å². The maximum absolute atomic E-state index is 13.4. The lowest BCUT2D eigenvalue weighted by Crippen LogP contribution is -2.38. The summed E-state index contributed by atoms with van der Waals surface area (Å²) in [6.45, 7) is 2.46. The summed E-state index contributed by atoms with van der Waals surface area (Å²) >= 11 is 0. The van der Waals surface area contributed by atoms with Crippen LogP contribution in [0, 0.1) is 12.3 Å². The van der Waals surface area contributed by atoms with E-state index < -0.39 is 6.09 Å². The van der Waals surface area contributed by atoms with Gasteiger partial charge in [-0.2, -0.15) is 0 Å². The van der Waals surface area contributed by atoms with E-state index in [1.807, 2.05) is 35.2 Å². The van der Waals surface area contributed by atoms with Gasteiger partial charge in [0.15, 0.2) is 0 Å². The van der Waals surface area contributed by atoms with Crippen LogP contribution in [0.15, 0.2) is 42.5 Å². The van der Waals surface area contributed by atoms with Crippen LogP contribution in [0.3, 0.4) is 0 Å². The molecule has 2 saturated heterocycles. The highest BCUT2D eigenvalue weighted by molar-refractivity contribution is 5.97. The van der Waals surface area contributed by atoms with Crippen LogP contribution in [-0.2, 0) is 9.47 Å². The number of carbonyl (C=O) groups is 2. The fourth-order valence-electron chi connectivity index (χ4n) is 5.22. The van der Waals surface area contributed by atoms with E-state index in [0.717, 1.165) is 36.8 Å². The Hall–Kier alpha value is -3.30. The Balaban J connectivity index is 1.25. The molecule has 2 aliphatic heterocycles. The van der Waals surface area contributed by atoms with Gasteiger partial charge in [0, 0.05) is 36.3 Å². The zero-order valence-corrected chi connectivity index (χ0v) is 20.0. The Morgan fingerprint density at radius 3 is 2.40 bits per heavy atom. The Bertz CT molecular complexity index is 1100. The molecule has 2 aromatic rings. The van der Waals surface area contributed by atoms with Gasteiger partial charge in [0.25, 0.3) is 5.91 Å². The molecule has 1 atom stereocenters. The van der Waals surface area contributed by atoms with Crippen LogP contribution < -0.4 is 5.32 Å². The molecule has 0 spiro atoms. The van der Waals surface area contributed by atoms with E-state index in [4.69, 9.17) is 15.9 Å². The predicted molar refractivity (Wildman–Crippen MR) is 135 cm³/mol. The van der Waals surface area contributed by atoms with Crippen molar-refractivity contribution in [1.82, 2.24) is 4.90 Å². The molecule has 1 N–H and O–H groups in total. The number of anilines is 1. The molecular formula is C29H32N2O4. The number of piperidine rings is 1. The van der Waals surface area contributed by atoms with Gasteiger partial charge in [-0.1, -0.05) is 30.5 Å². The third-order valence-corrected chi connectivity index (χ3v) is 7.57. The van der Waals surface area contributed by atoms with Gasteiger partial charge in [0.2, 0.25) is 0 Å². The van der Waals surface area contributed by atoms with Gasteiger partial charge in [-0.3, -0.25) is 10.1 Å². The third-order valence-electron chi connectivity index (χ3n) is 7.57. The molecule has 6 nitrogen and oxygen atoms in total. The highest BCUT2D eigenvalue weighted by atomic mass is 16.6. The first-order chi connectivity index (χ1) is 17.1. The second-order valence-electron chi connectivity index (χ2n) is 9.78. The fourth-order valence-corrected chi connectivity index (χ4v) is 5.22. The lowest BCUT2D eigenvalue weighted by atomic mass is 9.79. The average Bonchev–Trinajstić information content (AvgIpc) is 3.36. The van der Waals surface area contributed by atoms with Crippen LogP contribution >= 0.6 is 0 Å². The Labute approximate surface area is 207 Å². The molecule has 1 saturated carbocycles. The summed E-state index contributed by atoms with van der Waals surface area (Å²) in [5.74, 6) is 3.51. The highest BCUT2D eigenvalue weighted by Crippen LogP contribution is 2.40. The summed E-state index contributed by atoms with van der Waals surface area (Å²) in [4.78, 5) is 27.8. The minimum absolute atomic E-state index is 0.00639. The molecule has 2 amide bonds. The number of likely N-dealkylation sites (tertiary alicyclic amines) is 1. The fraction of sp³-hybridized carbons (Fsp3) is 0.448. The summed E-state index contributed by atoms with van der Waals surface area (Å²) in [7, 11) is 0. The molecule has 0 aromatic heterocycles. The molecule has 0 radical (unpaired) electrons. The number of carbonyl (C=O) groups excluding carboxylic acids is 2. The largest absolute Gasteiger partial charge is 0.443 e. The van der Waals surface area contributed by atoms with Crippen LogP contribution in [0.2, 0.25) is 0 Å². The first-order valence-corrected chi connectivity index (χ1v) is 12.7. The van der Waals surface area contributed by atoms with Crippen molar-refractivity contribution in [1.29, 1.82) is 0 Å². The average molecular weight is 473 g/mol. The smallest absolute Gasteiger partial charge is 0.411 e. The quantitative estimate of drug-likeness (QED) is 0.600. The predicted octanol–water partition coefficient (Wildman–Crippen LogP) is 5.29. The zero-order chi connectivity index (χ0) is 24.2. The number of nitrogens with one attached hydrogen (secondary N) is 1. The number of ether oxygens (including phenoxy) is 2. The molecule has 2 aromatic carbocycles. The molecule has 182 valence electrons. The summed E-state index contributed by atoms with van der Waals surface area (Å²) in [6.07, 6.45) is 10.7. The van der Waals surface area contributed by atoms with Crippen molar-refractivity contribution in [3.63, 3.8) is 0 Å². The Kier molecular flexibility index (Phi) is 7.06. The van der Waals surface area contributed by atoms with Crippen molar-refractivity contribution in [3.05, 3.63) is 64.7 Å². The van der Waals surface area contributed by atoms with Gasteiger partial charge >= 0.3 is 6.09 Å². The van der Waals surface area contributed by atoms with E-state index in [2.05, 4.69) is 23.4 Å². The van der Waals surface area contributed by atoms with Gasteiger partial charge in [0.1, 0.15) is 6.10 Å². The topological polar surface area (TPSA) is 67.9 Å². The summed E-state index contributed by atoms with van der Waals surface area (Å²) in [6, 6.07) is 13.9.